The highest BCUT2D eigenvalue weighted by molar-refractivity contribution is 5.97. The number of fused-ring (bicyclic) bond motifs is 1. The number of benzene rings is 2. The monoisotopic (exact) mass is 553 g/mol. The van der Waals surface area contributed by atoms with Crippen molar-refractivity contribution in [3.05, 3.63) is 53.8 Å². The van der Waals surface area contributed by atoms with E-state index in [1.807, 2.05) is 0 Å². The van der Waals surface area contributed by atoms with E-state index >= 15 is 0 Å². The lowest BCUT2D eigenvalue weighted by atomic mass is 10.1. The summed E-state index contributed by atoms with van der Waals surface area (Å²) in [5.74, 6) is 0.0951. The van der Waals surface area contributed by atoms with E-state index in [-0.39, 0.29) is 43.1 Å². The Balaban J connectivity index is 1.27. The van der Waals surface area contributed by atoms with Crippen LogP contribution in [0.25, 0.3) is 11.4 Å². The van der Waals surface area contributed by atoms with Crippen LogP contribution in [0.15, 0.2) is 42.5 Å². The highest BCUT2D eigenvalue weighted by Crippen LogP contribution is 2.25. The van der Waals surface area contributed by atoms with Gasteiger partial charge < -0.3 is 25.4 Å². The second-order valence-electron chi connectivity index (χ2n) is 9.19. The fourth-order valence-corrected chi connectivity index (χ4v) is 4.13. The number of aromatic nitrogens is 4. The molecule has 13 heteroatoms. The number of methoxy groups -OCH3 is 1. The zero-order valence-electron chi connectivity index (χ0n) is 22.2. The summed E-state index contributed by atoms with van der Waals surface area (Å²) >= 11 is 0. The Morgan fingerprint density at radius 1 is 1.15 bits per heavy atom. The van der Waals surface area contributed by atoms with Gasteiger partial charge in [-0.05, 0) is 67.3 Å². The normalized spacial score (nSPS) is 16.5. The van der Waals surface area contributed by atoms with Crippen molar-refractivity contribution >= 4 is 17.7 Å². The van der Waals surface area contributed by atoms with Gasteiger partial charge in [0.15, 0.2) is 0 Å². The van der Waals surface area contributed by atoms with Gasteiger partial charge in [-0.1, -0.05) is 0 Å². The molecule has 212 valence electrons. The van der Waals surface area contributed by atoms with E-state index < -0.39 is 6.04 Å². The number of ether oxygens (including phenoxy) is 2. The van der Waals surface area contributed by atoms with E-state index in [1.165, 1.54) is 24.0 Å². The van der Waals surface area contributed by atoms with Gasteiger partial charge in [-0.2, -0.15) is 4.80 Å². The average molecular weight is 554 g/mol. The Morgan fingerprint density at radius 3 is 2.77 bits per heavy atom. The number of rotatable bonds is 7. The first-order valence-corrected chi connectivity index (χ1v) is 13.1. The maximum absolute atomic E-state index is 13.1. The van der Waals surface area contributed by atoms with Gasteiger partial charge >= 0.3 is 0 Å². The second-order valence-corrected chi connectivity index (χ2v) is 9.19. The molecule has 12 nitrogen and oxygen atoms in total. The average Bonchev–Trinajstić information content (AvgIpc) is 3.43. The maximum atomic E-state index is 13.1. The minimum Gasteiger partial charge on any atom is -0.497 e. The van der Waals surface area contributed by atoms with Crippen molar-refractivity contribution < 1.29 is 28.2 Å². The standard InChI is InChI=1S/C27H32FN7O5/c1-39-20-11-12-21-23(17-20)40-16-14-30-27(38)22(5-2-3-13-29-26(21)37)31-24(36)6-4-15-35-33-25(32-34-35)18-7-9-19(28)10-8-18/h7-12,17,22H,2-6,13-16H2,1H3,(H,29,37)(H,30,38)(H,31,36)/t22-/m0/s1. The zero-order valence-corrected chi connectivity index (χ0v) is 22.2. The van der Waals surface area contributed by atoms with Crippen molar-refractivity contribution in [3.8, 4) is 22.9 Å². The van der Waals surface area contributed by atoms with Crippen LogP contribution in [0.1, 0.15) is 42.5 Å². The van der Waals surface area contributed by atoms with Gasteiger partial charge in [-0.25, -0.2) is 4.39 Å². The van der Waals surface area contributed by atoms with Gasteiger partial charge in [0.1, 0.15) is 30.0 Å². The number of nitrogens with one attached hydrogen (secondary N) is 3. The van der Waals surface area contributed by atoms with E-state index in [0.717, 1.165) is 0 Å². The fraction of sp³-hybridized carbons (Fsp3) is 0.407. The molecule has 3 N–H and O–H groups in total. The third kappa shape index (κ3) is 7.98. The van der Waals surface area contributed by atoms with Crippen molar-refractivity contribution in [2.75, 3.05) is 26.8 Å². The molecular formula is C27H32FN7O5. The van der Waals surface area contributed by atoms with Crippen LogP contribution in [0.4, 0.5) is 4.39 Å². The third-order valence-corrected chi connectivity index (χ3v) is 6.27. The highest BCUT2D eigenvalue weighted by Gasteiger charge is 2.21. The molecule has 3 aromatic rings. The zero-order chi connectivity index (χ0) is 28.3. The molecule has 0 radical (unpaired) electrons. The summed E-state index contributed by atoms with van der Waals surface area (Å²) in [5.41, 5.74) is 1.03. The first-order valence-electron chi connectivity index (χ1n) is 13.1. The highest BCUT2D eigenvalue weighted by atomic mass is 19.1. The number of nitrogens with zero attached hydrogens (tertiary/aromatic N) is 4. The lowest BCUT2D eigenvalue weighted by Crippen LogP contribution is -2.47. The van der Waals surface area contributed by atoms with Crippen LogP contribution < -0.4 is 25.4 Å². The topological polar surface area (TPSA) is 149 Å². The summed E-state index contributed by atoms with van der Waals surface area (Å²) < 4.78 is 24.1. The molecule has 2 heterocycles. The maximum Gasteiger partial charge on any atom is 0.255 e. The Labute approximate surface area is 230 Å². The van der Waals surface area contributed by atoms with E-state index in [0.29, 0.717) is 67.2 Å². The lowest BCUT2D eigenvalue weighted by Gasteiger charge is -2.20. The first-order chi connectivity index (χ1) is 19.4. The molecule has 0 fully saturated rings. The van der Waals surface area contributed by atoms with Crippen molar-refractivity contribution in [2.45, 2.75) is 44.7 Å². The Hall–Kier alpha value is -4.55. The molecule has 1 aliphatic rings. The van der Waals surface area contributed by atoms with E-state index in [2.05, 4.69) is 31.4 Å². The predicted octanol–water partition coefficient (Wildman–Crippen LogP) is 1.86. The lowest BCUT2D eigenvalue weighted by molar-refractivity contribution is -0.129. The number of hydrogen-bond donors (Lipinski definition) is 3. The van der Waals surface area contributed by atoms with Crippen LogP contribution in [-0.4, -0.2) is 70.8 Å². The molecule has 0 saturated carbocycles. The smallest absolute Gasteiger partial charge is 0.255 e. The van der Waals surface area contributed by atoms with Crippen LogP contribution in [0.3, 0.4) is 0 Å². The summed E-state index contributed by atoms with van der Waals surface area (Å²) in [6.45, 7) is 1.08. The van der Waals surface area contributed by atoms with Crippen LogP contribution in [-0.2, 0) is 16.1 Å². The SMILES string of the molecule is COc1ccc2c(c1)OCCNC(=O)[C@@H](NC(=O)CCCn1nnc(-c3ccc(F)cc3)n1)CCCCNC2=O. The number of amides is 3. The van der Waals surface area contributed by atoms with Gasteiger partial charge in [0.2, 0.25) is 17.6 Å². The number of aryl methyl sites for hydroxylation is 1. The summed E-state index contributed by atoms with van der Waals surface area (Å²) in [7, 11) is 1.52. The van der Waals surface area contributed by atoms with E-state index in [4.69, 9.17) is 9.47 Å². The molecule has 0 unspecified atom stereocenters. The quantitative estimate of drug-likeness (QED) is 0.401. The molecule has 4 rings (SSSR count). The Bertz CT molecular complexity index is 1310. The van der Waals surface area contributed by atoms with Crippen LogP contribution in [0.5, 0.6) is 11.5 Å². The molecular weight excluding hydrogens is 521 g/mol. The van der Waals surface area contributed by atoms with Gasteiger partial charge in [-0.15, -0.1) is 10.2 Å². The molecule has 40 heavy (non-hydrogen) atoms. The number of carbonyl (C=O) groups excluding carboxylic acids is 3. The molecule has 0 bridgehead atoms. The third-order valence-electron chi connectivity index (χ3n) is 6.27. The van der Waals surface area contributed by atoms with E-state index in [9.17, 15) is 18.8 Å². The fourth-order valence-electron chi connectivity index (χ4n) is 4.13. The van der Waals surface area contributed by atoms with E-state index in [1.54, 1.807) is 30.3 Å². The summed E-state index contributed by atoms with van der Waals surface area (Å²) in [4.78, 5) is 39.5. The molecule has 1 atom stereocenters. The first kappa shape index (κ1) is 28.5. The predicted molar refractivity (Wildman–Crippen MR) is 142 cm³/mol. The molecule has 0 spiro atoms. The van der Waals surface area contributed by atoms with Gasteiger partial charge in [0.05, 0.1) is 25.8 Å². The summed E-state index contributed by atoms with van der Waals surface area (Å²) in [5, 5.41) is 20.7. The van der Waals surface area contributed by atoms with Crippen LogP contribution in [0.2, 0.25) is 0 Å². The Kier molecular flexibility index (Phi) is 9.97. The molecule has 0 saturated heterocycles. The van der Waals surface area contributed by atoms with Crippen molar-refractivity contribution in [1.29, 1.82) is 0 Å². The largest absolute Gasteiger partial charge is 0.497 e. The minimum atomic E-state index is -0.715. The molecule has 2 aromatic carbocycles. The summed E-state index contributed by atoms with van der Waals surface area (Å²) in [6.07, 6.45) is 2.27. The van der Waals surface area contributed by atoms with Gasteiger partial charge in [-0.3, -0.25) is 14.4 Å². The number of tetrazole rings is 1. The number of carbonyl (C=O) groups is 3. The summed E-state index contributed by atoms with van der Waals surface area (Å²) in [6, 6.07) is 10.0. The van der Waals surface area contributed by atoms with Crippen molar-refractivity contribution in [1.82, 2.24) is 36.2 Å². The molecule has 3 amide bonds. The molecule has 0 aliphatic carbocycles. The number of halogens is 1. The van der Waals surface area contributed by atoms with Crippen LogP contribution in [0, 0.1) is 5.82 Å². The molecule has 1 aromatic heterocycles. The minimum absolute atomic E-state index is 0.130. The Morgan fingerprint density at radius 2 is 1.98 bits per heavy atom. The van der Waals surface area contributed by atoms with Crippen molar-refractivity contribution in [2.24, 2.45) is 0 Å². The number of hydrogen-bond acceptors (Lipinski definition) is 8. The van der Waals surface area contributed by atoms with Gasteiger partial charge in [0.25, 0.3) is 5.91 Å². The van der Waals surface area contributed by atoms with Crippen molar-refractivity contribution in [3.63, 3.8) is 0 Å². The van der Waals surface area contributed by atoms with Gasteiger partial charge in [0, 0.05) is 24.6 Å². The van der Waals surface area contributed by atoms with Crippen LogP contribution >= 0.6 is 0 Å². The molecule has 1 aliphatic heterocycles. The second kappa shape index (κ2) is 14.0.